The van der Waals surface area contributed by atoms with E-state index in [4.69, 9.17) is 9.47 Å². The van der Waals surface area contributed by atoms with Gasteiger partial charge in [0.05, 0.1) is 12.0 Å². The maximum absolute atomic E-state index is 12.7. The summed E-state index contributed by atoms with van der Waals surface area (Å²) in [5.74, 6) is 1.07. The van der Waals surface area contributed by atoms with E-state index in [0.29, 0.717) is 39.6 Å². The van der Waals surface area contributed by atoms with Crippen molar-refractivity contribution in [3.63, 3.8) is 0 Å². The van der Waals surface area contributed by atoms with Crippen LogP contribution in [0.15, 0.2) is 29.1 Å². The van der Waals surface area contributed by atoms with Gasteiger partial charge in [-0.3, -0.25) is 9.36 Å². The van der Waals surface area contributed by atoms with Crippen molar-refractivity contribution in [2.24, 2.45) is 0 Å². The molecule has 0 saturated carbocycles. The quantitative estimate of drug-likeness (QED) is 0.630. The number of esters is 1. The second-order valence-electron chi connectivity index (χ2n) is 6.44. The van der Waals surface area contributed by atoms with Gasteiger partial charge in [0, 0.05) is 18.5 Å². The molecule has 3 aromatic rings. The Kier molecular flexibility index (Phi) is 4.70. The highest BCUT2D eigenvalue weighted by molar-refractivity contribution is 7.20. The molecule has 140 valence electrons. The molecule has 0 unspecified atom stereocenters. The molecule has 1 aliphatic rings. The maximum Gasteiger partial charge on any atom is 0.349 e. The molecular formula is C20H20N2O4S. The third kappa shape index (κ3) is 3.12. The van der Waals surface area contributed by atoms with Crippen molar-refractivity contribution >= 4 is 27.5 Å². The number of thiophene rings is 1. The normalized spacial score (nSPS) is 13.0. The molecular weight excluding hydrogens is 364 g/mol. The Morgan fingerprint density at radius 2 is 2.15 bits per heavy atom. The zero-order valence-electron chi connectivity index (χ0n) is 15.3. The Bertz CT molecular complexity index is 1080. The molecule has 0 spiro atoms. The number of hydrogen-bond donors (Lipinski definition) is 0. The molecule has 6 nitrogen and oxygen atoms in total. The number of fused-ring (bicyclic) bond motifs is 2. The van der Waals surface area contributed by atoms with Gasteiger partial charge in [-0.15, -0.1) is 11.3 Å². The predicted molar refractivity (Wildman–Crippen MR) is 104 cm³/mol. The first-order chi connectivity index (χ1) is 13.1. The molecule has 0 radical (unpaired) electrons. The fourth-order valence-electron chi connectivity index (χ4n) is 3.40. The number of para-hydroxylation sites is 1. The summed E-state index contributed by atoms with van der Waals surface area (Å²) < 4.78 is 12.8. The van der Waals surface area contributed by atoms with E-state index in [1.807, 2.05) is 31.2 Å². The molecule has 1 aromatic carbocycles. The Morgan fingerprint density at radius 3 is 2.96 bits per heavy atom. The van der Waals surface area contributed by atoms with E-state index in [9.17, 15) is 9.59 Å². The summed E-state index contributed by atoms with van der Waals surface area (Å²) in [6, 6.07) is 7.48. The number of nitrogens with zero attached hydrogens (tertiary/aromatic N) is 2. The minimum absolute atomic E-state index is 0.0537. The minimum atomic E-state index is -0.439. The third-order valence-electron chi connectivity index (χ3n) is 4.73. The van der Waals surface area contributed by atoms with Crippen LogP contribution in [-0.2, 0) is 24.3 Å². The molecule has 27 heavy (non-hydrogen) atoms. The SMILES string of the molecule is CCOc1ccccc1COC(=O)c1sc2nc3n(c(=O)c2c1C)CCC3. The number of aryl methyl sites for hydroxylation is 2. The number of rotatable bonds is 5. The molecule has 0 N–H and O–H groups in total. The highest BCUT2D eigenvalue weighted by Crippen LogP contribution is 2.29. The lowest BCUT2D eigenvalue weighted by Crippen LogP contribution is -2.20. The van der Waals surface area contributed by atoms with E-state index in [2.05, 4.69) is 4.98 Å². The number of ether oxygens (including phenoxy) is 2. The molecule has 4 rings (SSSR count). The van der Waals surface area contributed by atoms with Crippen LogP contribution in [0.5, 0.6) is 5.75 Å². The predicted octanol–water partition coefficient (Wildman–Crippen LogP) is 3.47. The topological polar surface area (TPSA) is 70.4 Å². The monoisotopic (exact) mass is 384 g/mol. The van der Waals surface area contributed by atoms with Crippen LogP contribution in [0.4, 0.5) is 0 Å². The zero-order chi connectivity index (χ0) is 19.0. The zero-order valence-corrected chi connectivity index (χ0v) is 16.1. The van der Waals surface area contributed by atoms with Gasteiger partial charge in [0.1, 0.15) is 27.9 Å². The molecule has 1 aliphatic heterocycles. The molecule has 0 saturated heterocycles. The van der Waals surface area contributed by atoms with Crippen molar-refractivity contribution in [2.75, 3.05) is 6.61 Å². The first-order valence-corrected chi connectivity index (χ1v) is 9.82. The van der Waals surface area contributed by atoms with Gasteiger partial charge in [0.15, 0.2) is 0 Å². The van der Waals surface area contributed by atoms with Gasteiger partial charge in [0.2, 0.25) is 0 Å². The second-order valence-corrected chi connectivity index (χ2v) is 7.44. The van der Waals surface area contributed by atoms with E-state index < -0.39 is 5.97 Å². The van der Waals surface area contributed by atoms with Crippen LogP contribution in [-0.4, -0.2) is 22.1 Å². The number of aromatic nitrogens is 2. The Balaban J connectivity index is 1.61. The lowest BCUT2D eigenvalue weighted by Gasteiger charge is -2.10. The fraction of sp³-hybridized carbons (Fsp3) is 0.350. The number of hydrogen-bond acceptors (Lipinski definition) is 6. The van der Waals surface area contributed by atoms with Crippen molar-refractivity contribution in [2.45, 2.75) is 39.8 Å². The van der Waals surface area contributed by atoms with Crippen molar-refractivity contribution in [3.8, 4) is 5.75 Å². The van der Waals surface area contributed by atoms with Gasteiger partial charge in [-0.05, 0) is 31.9 Å². The Morgan fingerprint density at radius 1 is 1.33 bits per heavy atom. The summed E-state index contributed by atoms with van der Waals surface area (Å²) in [6.45, 7) is 5.05. The molecule has 0 amide bonds. The van der Waals surface area contributed by atoms with Gasteiger partial charge in [-0.2, -0.15) is 0 Å². The Hall–Kier alpha value is -2.67. The highest BCUT2D eigenvalue weighted by atomic mass is 32.1. The fourth-order valence-corrected chi connectivity index (χ4v) is 4.48. The summed E-state index contributed by atoms with van der Waals surface area (Å²) in [5.41, 5.74) is 1.41. The number of benzene rings is 1. The third-order valence-corrected chi connectivity index (χ3v) is 5.89. The Labute approximate surface area is 160 Å². The average molecular weight is 384 g/mol. The summed E-state index contributed by atoms with van der Waals surface area (Å²) in [6.07, 6.45) is 1.74. The summed E-state index contributed by atoms with van der Waals surface area (Å²) in [4.78, 5) is 31.0. The molecule has 0 atom stereocenters. The summed E-state index contributed by atoms with van der Waals surface area (Å²) in [7, 11) is 0. The van der Waals surface area contributed by atoms with Crippen LogP contribution in [0.25, 0.3) is 10.2 Å². The molecule has 0 bridgehead atoms. The van der Waals surface area contributed by atoms with Gasteiger partial charge in [0.25, 0.3) is 5.56 Å². The lowest BCUT2D eigenvalue weighted by molar-refractivity contribution is 0.0475. The van der Waals surface area contributed by atoms with Gasteiger partial charge in [-0.25, -0.2) is 9.78 Å². The van der Waals surface area contributed by atoms with Crippen LogP contribution in [0.3, 0.4) is 0 Å². The van der Waals surface area contributed by atoms with Crippen LogP contribution >= 0.6 is 11.3 Å². The van der Waals surface area contributed by atoms with Gasteiger partial charge < -0.3 is 9.47 Å². The molecule has 7 heteroatoms. The van der Waals surface area contributed by atoms with Crippen LogP contribution in [0.1, 0.15) is 40.0 Å². The summed E-state index contributed by atoms with van der Waals surface area (Å²) in [5, 5.41) is 0.535. The highest BCUT2D eigenvalue weighted by Gasteiger charge is 2.24. The van der Waals surface area contributed by atoms with Crippen molar-refractivity contribution in [3.05, 3.63) is 56.4 Å². The van der Waals surface area contributed by atoms with Gasteiger partial charge >= 0.3 is 5.97 Å². The van der Waals surface area contributed by atoms with Crippen LogP contribution in [0.2, 0.25) is 0 Å². The standard InChI is InChI=1S/C20H20N2O4S/c1-3-25-14-8-5-4-7-13(14)11-26-20(24)17-12(2)16-18(27-17)21-15-9-6-10-22(15)19(16)23/h4-5,7-8H,3,6,9-11H2,1-2H3. The minimum Gasteiger partial charge on any atom is -0.493 e. The molecule has 0 fully saturated rings. The van der Waals surface area contributed by atoms with E-state index in [-0.39, 0.29) is 12.2 Å². The smallest absolute Gasteiger partial charge is 0.349 e. The van der Waals surface area contributed by atoms with Crippen LogP contribution in [0, 0.1) is 6.92 Å². The van der Waals surface area contributed by atoms with E-state index in [0.717, 1.165) is 24.2 Å². The first kappa shape index (κ1) is 17.7. The van der Waals surface area contributed by atoms with Gasteiger partial charge in [-0.1, -0.05) is 18.2 Å². The summed E-state index contributed by atoms with van der Waals surface area (Å²) >= 11 is 1.23. The molecule has 2 aromatic heterocycles. The van der Waals surface area contributed by atoms with E-state index in [1.54, 1.807) is 11.5 Å². The maximum atomic E-state index is 12.7. The van der Waals surface area contributed by atoms with Crippen molar-refractivity contribution < 1.29 is 14.3 Å². The van der Waals surface area contributed by atoms with Crippen molar-refractivity contribution in [1.82, 2.24) is 9.55 Å². The molecule has 3 heterocycles. The first-order valence-electron chi connectivity index (χ1n) is 9.00. The largest absolute Gasteiger partial charge is 0.493 e. The second kappa shape index (κ2) is 7.15. The lowest BCUT2D eigenvalue weighted by atomic mass is 10.2. The van der Waals surface area contributed by atoms with Crippen molar-refractivity contribution in [1.29, 1.82) is 0 Å². The number of carbonyl (C=O) groups is 1. The number of carbonyl (C=O) groups excluding carboxylic acids is 1. The molecule has 0 aliphatic carbocycles. The van der Waals surface area contributed by atoms with Crippen LogP contribution < -0.4 is 10.3 Å². The van der Waals surface area contributed by atoms with E-state index >= 15 is 0 Å². The average Bonchev–Trinajstić information content (AvgIpc) is 3.26. The van der Waals surface area contributed by atoms with E-state index in [1.165, 1.54) is 11.3 Å².